The average Bonchev–Trinajstić information content (AvgIpc) is 3.26. The number of aryl methyl sites for hydroxylation is 1. The molecule has 0 aliphatic carbocycles. The van der Waals surface area contributed by atoms with Gasteiger partial charge in [0, 0.05) is 18.7 Å². The van der Waals surface area contributed by atoms with Gasteiger partial charge in [-0.1, -0.05) is 0 Å². The standard InChI is InChI=1S/C18H15FN6OS/c1-10-15-14(9-20)22-16(17-21-11(2)23-27-17)25(15)8-7-24(10)18(26)12-3-5-13(19)6-4-12/h3-6,10H,7-8H2,1-2H3/t10-/m1/s1. The number of amides is 1. The van der Waals surface area contributed by atoms with E-state index in [4.69, 9.17) is 0 Å². The first-order valence-corrected chi connectivity index (χ1v) is 9.14. The lowest BCUT2D eigenvalue weighted by molar-refractivity contribution is 0.0644. The largest absolute Gasteiger partial charge is 0.328 e. The van der Waals surface area contributed by atoms with Gasteiger partial charge in [0.25, 0.3) is 5.91 Å². The highest BCUT2D eigenvalue weighted by Crippen LogP contribution is 2.34. The molecule has 0 N–H and O–H groups in total. The summed E-state index contributed by atoms with van der Waals surface area (Å²) < 4.78 is 19.3. The lowest BCUT2D eigenvalue weighted by Gasteiger charge is -2.35. The number of fused-ring (bicyclic) bond motifs is 1. The highest BCUT2D eigenvalue weighted by molar-refractivity contribution is 7.09. The fourth-order valence-electron chi connectivity index (χ4n) is 3.33. The monoisotopic (exact) mass is 382 g/mol. The maximum Gasteiger partial charge on any atom is 0.254 e. The number of rotatable bonds is 2. The van der Waals surface area contributed by atoms with E-state index in [1.165, 1.54) is 35.8 Å². The van der Waals surface area contributed by atoms with E-state index in [-0.39, 0.29) is 23.5 Å². The number of hydrogen-bond acceptors (Lipinski definition) is 6. The number of carbonyl (C=O) groups excluding carboxylic acids is 1. The van der Waals surface area contributed by atoms with Gasteiger partial charge in [-0.15, -0.1) is 0 Å². The molecule has 0 fully saturated rings. The lowest BCUT2D eigenvalue weighted by atomic mass is 10.1. The van der Waals surface area contributed by atoms with Crippen molar-refractivity contribution in [2.45, 2.75) is 26.4 Å². The number of benzene rings is 1. The highest BCUT2D eigenvalue weighted by Gasteiger charge is 2.34. The Balaban J connectivity index is 1.73. The maximum absolute atomic E-state index is 13.1. The van der Waals surface area contributed by atoms with Crippen molar-refractivity contribution in [3.8, 4) is 16.9 Å². The zero-order valence-corrected chi connectivity index (χ0v) is 15.5. The molecular weight excluding hydrogens is 367 g/mol. The van der Waals surface area contributed by atoms with Crippen LogP contribution in [0.2, 0.25) is 0 Å². The minimum absolute atomic E-state index is 0.202. The first kappa shape index (κ1) is 17.3. The van der Waals surface area contributed by atoms with Crippen molar-refractivity contribution in [3.05, 3.63) is 52.9 Å². The third-order valence-electron chi connectivity index (χ3n) is 4.61. The molecule has 1 amide bonds. The summed E-state index contributed by atoms with van der Waals surface area (Å²) in [5.74, 6) is 0.669. The van der Waals surface area contributed by atoms with Gasteiger partial charge >= 0.3 is 0 Å². The fraction of sp³-hybridized carbons (Fsp3) is 0.278. The van der Waals surface area contributed by atoms with Gasteiger partial charge < -0.3 is 9.47 Å². The van der Waals surface area contributed by atoms with E-state index in [0.717, 1.165) is 0 Å². The van der Waals surface area contributed by atoms with Crippen molar-refractivity contribution in [3.63, 3.8) is 0 Å². The van der Waals surface area contributed by atoms with Crippen LogP contribution in [0.3, 0.4) is 0 Å². The van der Waals surface area contributed by atoms with Crippen molar-refractivity contribution < 1.29 is 9.18 Å². The quantitative estimate of drug-likeness (QED) is 0.680. The molecule has 0 radical (unpaired) electrons. The van der Waals surface area contributed by atoms with E-state index in [0.29, 0.717) is 41.0 Å². The molecule has 136 valence electrons. The molecule has 4 rings (SSSR count). The van der Waals surface area contributed by atoms with E-state index < -0.39 is 0 Å². The number of halogens is 1. The van der Waals surface area contributed by atoms with Crippen molar-refractivity contribution in [1.82, 2.24) is 23.8 Å². The van der Waals surface area contributed by atoms with Crippen molar-refractivity contribution in [2.24, 2.45) is 0 Å². The Labute approximate surface area is 158 Å². The van der Waals surface area contributed by atoms with Gasteiger partial charge in [0.2, 0.25) is 0 Å². The molecule has 1 aromatic carbocycles. The Hall–Kier alpha value is -3.12. The fourth-order valence-corrected chi connectivity index (χ4v) is 4.00. The lowest BCUT2D eigenvalue weighted by Crippen LogP contribution is -2.41. The Morgan fingerprint density at radius 1 is 1.30 bits per heavy atom. The van der Waals surface area contributed by atoms with Gasteiger partial charge in [0.05, 0.1) is 11.7 Å². The van der Waals surface area contributed by atoms with E-state index in [9.17, 15) is 14.4 Å². The number of nitriles is 1. The molecule has 1 aliphatic rings. The van der Waals surface area contributed by atoms with E-state index in [1.54, 1.807) is 11.8 Å². The third-order valence-corrected chi connectivity index (χ3v) is 5.41. The Morgan fingerprint density at radius 2 is 2.04 bits per heavy atom. The van der Waals surface area contributed by atoms with Crippen LogP contribution in [-0.2, 0) is 6.54 Å². The Bertz CT molecular complexity index is 1060. The SMILES string of the molecule is Cc1nsc(-c2nc(C#N)c3n2CCN(C(=O)c2ccc(F)cc2)[C@@H]3C)n1. The summed E-state index contributed by atoms with van der Waals surface area (Å²) in [4.78, 5) is 23.4. The Kier molecular flexibility index (Phi) is 4.20. The number of hydrogen-bond donors (Lipinski definition) is 0. The van der Waals surface area contributed by atoms with Crippen LogP contribution in [0.25, 0.3) is 10.8 Å². The molecule has 1 aliphatic heterocycles. The molecule has 9 heteroatoms. The summed E-state index contributed by atoms with van der Waals surface area (Å²) in [7, 11) is 0. The van der Waals surface area contributed by atoms with Crippen molar-refractivity contribution in [2.75, 3.05) is 6.54 Å². The first-order valence-electron chi connectivity index (χ1n) is 8.37. The summed E-state index contributed by atoms with van der Waals surface area (Å²) in [6, 6.07) is 7.25. The molecule has 0 bridgehead atoms. The van der Waals surface area contributed by atoms with Gasteiger partial charge in [-0.25, -0.2) is 14.4 Å². The molecule has 0 saturated heterocycles. The molecule has 3 heterocycles. The molecule has 0 saturated carbocycles. The number of nitrogens with zero attached hydrogens (tertiary/aromatic N) is 6. The predicted octanol–water partition coefficient (Wildman–Crippen LogP) is 2.94. The topological polar surface area (TPSA) is 87.7 Å². The molecule has 27 heavy (non-hydrogen) atoms. The van der Waals surface area contributed by atoms with E-state index in [2.05, 4.69) is 20.4 Å². The smallest absolute Gasteiger partial charge is 0.254 e. The van der Waals surface area contributed by atoms with Crippen molar-refractivity contribution >= 4 is 17.4 Å². The zero-order valence-electron chi connectivity index (χ0n) is 14.7. The molecule has 0 spiro atoms. The van der Waals surface area contributed by atoms with E-state index >= 15 is 0 Å². The van der Waals surface area contributed by atoms with E-state index in [1.807, 2.05) is 11.5 Å². The normalized spacial score (nSPS) is 16.1. The van der Waals surface area contributed by atoms with Crippen LogP contribution in [0.1, 0.15) is 40.5 Å². The van der Waals surface area contributed by atoms with Gasteiger partial charge in [-0.2, -0.15) is 9.64 Å². The number of carbonyl (C=O) groups is 1. The second-order valence-electron chi connectivity index (χ2n) is 6.26. The van der Waals surface area contributed by atoms with Gasteiger partial charge in [-0.05, 0) is 49.6 Å². The first-order chi connectivity index (χ1) is 13.0. The number of imidazole rings is 1. The van der Waals surface area contributed by atoms with Crippen LogP contribution < -0.4 is 0 Å². The molecule has 1 atom stereocenters. The maximum atomic E-state index is 13.1. The summed E-state index contributed by atoms with van der Waals surface area (Å²) in [6.45, 7) is 4.62. The summed E-state index contributed by atoms with van der Waals surface area (Å²) in [5.41, 5.74) is 1.37. The summed E-state index contributed by atoms with van der Waals surface area (Å²) >= 11 is 1.24. The minimum atomic E-state index is -0.389. The molecular formula is C18H15FN6OS. The van der Waals surface area contributed by atoms with Crippen LogP contribution in [-0.4, -0.2) is 36.3 Å². The molecule has 2 aromatic heterocycles. The second-order valence-corrected chi connectivity index (χ2v) is 7.01. The van der Waals surface area contributed by atoms with Crippen LogP contribution in [0, 0.1) is 24.1 Å². The average molecular weight is 382 g/mol. The van der Waals surface area contributed by atoms with Crippen molar-refractivity contribution in [1.29, 1.82) is 5.26 Å². The Morgan fingerprint density at radius 3 is 2.67 bits per heavy atom. The molecule has 3 aromatic rings. The second kappa shape index (κ2) is 6.55. The zero-order chi connectivity index (χ0) is 19.1. The molecule has 7 nitrogen and oxygen atoms in total. The minimum Gasteiger partial charge on any atom is -0.328 e. The van der Waals surface area contributed by atoms with Gasteiger partial charge in [0.15, 0.2) is 16.5 Å². The highest BCUT2D eigenvalue weighted by atomic mass is 32.1. The summed E-state index contributed by atoms with van der Waals surface area (Å²) in [5, 5.41) is 10.2. The predicted molar refractivity (Wildman–Crippen MR) is 96.4 cm³/mol. The van der Waals surface area contributed by atoms with Crippen LogP contribution in [0.4, 0.5) is 4.39 Å². The van der Waals surface area contributed by atoms with Crippen LogP contribution >= 0.6 is 11.5 Å². The molecule has 0 unspecified atom stereocenters. The summed E-state index contributed by atoms with van der Waals surface area (Å²) in [6.07, 6.45) is 0. The van der Waals surface area contributed by atoms with Gasteiger partial charge in [-0.3, -0.25) is 4.79 Å². The number of aromatic nitrogens is 4. The van der Waals surface area contributed by atoms with Crippen LogP contribution in [0.5, 0.6) is 0 Å². The van der Waals surface area contributed by atoms with Crippen LogP contribution in [0.15, 0.2) is 24.3 Å². The third kappa shape index (κ3) is 2.88. The van der Waals surface area contributed by atoms with Gasteiger partial charge in [0.1, 0.15) is 17.7 Å².